The molecule has 1 aromatic rings. The van der Waals surface area contributed by atoms with E-state index in [4.69, 9.17) is 4.74 Å². The average Bonchev–Trinajstić information content (AvgIpc) is 2.69. The van der Waals surface area contributed by atoms with Gasteiger partial charge in [0.15, 0.2) is 6.61 Å². The molecule has 2 fully saturated rings. The molecule has 2 heterocycles. The lowest BCUT2D eigenvalue weighted by Gasteiger charge is -2.38. The summed E-state index contributed by atoms with van der Waals surface area (Å²) in [5.74, 6) is 0.814. The van der Waals surface area contributed by atoms with Crippen LogP contribution in [0.15, 0.2) is 12.1 Å². The third-order valence-corrected chi connectivity index (χ3v) is 6.05. The second-order valence-corrected chi connectivity index (χ2v) is 8.15. The quantitative estimate of drug-likeness (QED) is 0.862. The summed E-state index contributed by atoms with van der Waals surface area (Å²) in [5.41, 5.74) is 2.47. The van der Waals surface area contributed by atoms with Crippen molar-refractivity contribution in [2.45, 2.75) is 59.0 Å². The molecule has 2 aliphatic rings. The van der Waals surface area contributed by atoms with Crippen molar-refractivity contribution in [1.29, 1.82) is 0 Å². The van der Waals surface area contributed by atoms with Gasteiger partial charge in [0.05, 0.1) is 0 Å². The lowest BCUT2D eigenvalue weighted by atomic mass is 10.0. The first-order valence-corrected chi connectivity index (χ1v) is 10.4. The van der Waals surface area contributed by atoms with Gasteiger partial charge in [-0.3, -0.25) is 9.59 Å². The molecular weight excluding hydrogens is 354 g/mol. The topological polar surface area (TPSA) is 61.9 Å². The molecule has 1 N–H and O–H groups in total. The number of nitrogens with one attached hydrogen (secondary N) is 1. The summed E-state index contributed by atoms with van der Waals surface area (Å²) in [6, 6.07) is 4.20. The van der Waals surface area contributed by atoms with Crippen molar-refractivity contribution in [3.63, 3.8) is 0 Å². The summed E-state index contributed by atoms with van der Waals surface area (Å²) in [6.07, 6.45) is 3.34. The van der Waals surface area contributed by atoms with E-state index >= 15 is 0 Å². The van der Waals surface area contributed by atoms with Crippen LogP contribution in [-0.4, -0.2) is 66.5 Å². The number of benzene rings is 1. The van der Waals surface area contributed by atoms with Gasteiger partial charge in [-0.1, -0.05) is 0 Å². The first-order valence-electron chi connectivity index (χ1n) is 10.4. The lowest BCUT2D eigenvalue weighted by Crippen LogP contribution is -2.57. The van der Waals surface area contributed by atoms with Crippen molar-refractivity contribution in [3.8, 4) is 5.75 Å². The average molecular weight is 388 g/mol. The smallest absolute Gasteiger partial charge is 0.260 e. The molecule has 2 unspecified atom stereocenters. The number of carbonyl (C=O) groups excluding carboxylic acids is 2. The molecular formula is C22H33N3O3. The number of aryl methyl sites for hydroxylation is 2. The van der Waals surface area contributed by atoms with E-state index < -0.39 is 0 Å². The molecule has 0 aliphatic carbocycles. The number of piperidine rings is 1. The monoisotopic (exact) mass is 387 g/mol. The SMILES string of the molecule is Cc1cc(C(=O)N2CCNC(C)C2C)cc(C)c1OCC(=O)N1CCCCC1. The van der Waals surface area contributed by atoms with Gasteiger partial charge >= 0.3 is 0 Å². The van der Waals surface area contributed by atoms with Gasteiger partial charge in [-0.2, -0.15) is 0 Å². The lowest BCUT2D eigenvalue weighted by molar-refractivity contribution is -0.134. The molecule has 2 amide bonds. The summed E-state index contributed by atoms with van der Waals surface area (Å²) in [5, 5.41) is 3.40. The van der Waals surface area contributed by atoms with E-state index in [1.54, 1.807) is 0 Å². The van der Waals surface area contributed by atoms with Crippen molar-refractivity contribution >= 4 is 11.8 Å². The molecule has 6 heteroatoms. The van der Waals surface area contributed by atoms with Gasteiger partial charge in [0.2, 0.25) is 0 Å². The van der Waals surface area contributed by atoms with Crippen LogP contribution in [0.2, 0.25) is 0 Å². The van der Waals surface area contributed by atoms with E-state index in [1.807, 2.05) is 35.8 Å². The zero-order chi connectivity index (χ0) is 20.3. The van der Waals surface area contributed by atoms with E-state index in [9.17, 15) is 9.59 Å². The first kappa shape index (κ1) is 20.6. The number of amides is 2. The number of rotatable bonds is 4. The molecule has 6 nitrogen and oxygen atoms in total. The maximum atomic E-state index is 13.0. The summed E-state index contributed by atoms with van der Waals surface area (Å²) in [7, 11) is 0. The third kappa shape index (κ3) is 4.49. The Balaban J connectivity index is 1.68. The molecule has 0 aromatic heterocycles. The zero-order valence-corrected chi connectivity index (χ0v) is 17.6. The van der Waals surface area contributed by atoms with Crippen LogP contribution in [0.4, 0.5) is 0 Å². The minimum Gasteiger partial charge on any atom is -0.483 e. The van der Waals surface area contributed by atoms with Crippen molar-refractivity contribution in [3.05, 3.63) is 28.8 Å². The van der Waals surface area contributed by atoms with E-state index in [0.29, 0.717) is 17.9 Å². The Morgan fingerprint density at radius 2 is 1.71 bits per heavy atom. The number of nitrogens with zero attached hydrogens (tertiary/aromatic N) is 2. The number of piperazine rings is 1. The first-order chi connectivity index (χ1) is 13.4. The van der Waals surface area contributed by atoms with Crippen molar-refractivity contribution in [1.82, 2.24) is 15.1 Å². The summed E-state index contributed by atoms with van der Waals surface area (Å²) in [4.78, 5) is 29.2. The molecule has 28 heavy (non-hydrogen) atoms. The van der Waals surface area contributed by atoms with E-state index in [2.05, 4.69) is 19.2 Å². The Morgan fingerprint density at radius 1 is 1.07 bits per heavy atom. The van der Waals surface area contributed by atoms with Crippen LogP contribution in [0, 0.1) is 13.8 Å². The summed E-state index contributed by atoms with van der Waals surface area (Å²) < 4.78 is 5.87. The molecule has 2 saturated heterocycles. The number of carbonyl (C=O) groups is 2. The normalized spacial score (nSPS) is 22.9. The van der Waals surface area contributed by atoms with E-state index in [-0.39, 0.29) is 30.5 Å². The number of likely N-dealkylation sites (tertiary alicyclic amines) is 1. The number of hydrogen-bond donors (Lipinski definition) is 1. The van der Waals surface area contributed by atoms with E-state index in [0.717, 1.165) is 43.6 Å². The van der Waals surface area contributed by atoms with Crippen LogP contribution in [0.25, 0.3) is 0 Å². The maximum absolute atomic E-state index is 13.0. The predicted molar refractivity (Wildman–Crippen MR) is 110 cm³/mol. The maximum Gasteiger partial charge on any atom is 0.260 e. The summed E-state index contributed by atoms with van der Waals surface area (Å²) in [6.45, 7) is 11.3. The van der Waals surface area contributed by atoms with Crippen molar-refractivity contribution in [2.75, 3.05) is 32.8 Å². The number of hydrogen-bond acceptors (Lipinski definition) is 4. The standard InChI is InChI=1S/C22H33N3O3/c1-15-12-19(22(27)25-11-8-23-17(3)18(25)4)13-16(2)21(15)28-14-20(26)24-9-6-5-7-10-24/h12-13,17-18,23H,5-11,14H2,1-4H3. The molecule has 0 radical (unpaired) electrons. The van der Waals surface area contributed by atoms with E-state index in [1.165, 1.54) is 6.42 Å². The fraction of sp³-hybridized carbons (Fsp3) is 0.636. The molecule has 2 aliphatic heterocycles. The Labute approximate surface area is 168 Å². The van der Waals surface area contributed by atoms with Crippen molar-refractivity contribution < 1.29 is 14.3 Å². The van der Waals surface area contributed by atoms with Gasteiger partial charge in [0, 0.05) is 43.8 Å². The molecule has 3 rings (SSSR count). The van der Waals surface area contributed by atoms with Crippen LogP contribution in [0.3, 0.4) is 0 Å². The Kier molecular flexibility index (Phi) is 6.60. The second-order valence-electron chi connectivity index (χ2n) is 8.15. The molecule has 0 spiro atoms. The fourth-order valence-corrected chi connectivity index (χ4v) is 4.18. The van der Waals surface area contributed by atoms with Gasteiger partial charge in [-0.05, 0) is 70.2 Å². The minimum absolute atomic E-state index is 0.0438. The molecule has 0 saturated carbocycles. The van der Waals surface area contributed by atoms with Gasteiger partial charge in [-0.15, -0.1) is 0 Å². The highest BCUT2D eigenvalue weighted by Crippen LogP contribution is 2.26. The van der Waals surface area contributed by atoms with Gasteiger partial charge in [0.25, 0.3) is 11.8 Å². The van der Waals surface area contributed by atoms with Crippen LogP contribution in [0.1, 0.15) is 54.6 Å². The predicted octanol–water partition coefficient (Wildman–Crippen LogP) is 2.52. The Hall–Kier alpha value is -2.08. The largest absolute Gasteiger partial charge is 0.483 e. The minimum atomic E-state index is 0.0438. The highest BCUT2D eigenvalue weighted by atomic mass is 16.5. The highest BCUT2D eigenvalue weighted by molar-refractivity contribution is 5.95. The molecule has 154 valence electrons. The zero-order valence-electron chi connectivity index (χ0n) is 17.6. The highest BCUT2D eigenvalue weighted by Gasteiger charge is 2.29. The summed E-state index contributed by atoms with van der Waals surface area (Å²) >= 11 is 0. The Morgan fingerprint density at radius 3 is 2.36 bits per heavy atom. The molecule has 1 aromatic carbocycles. The van der Waals surface area contributed by atoms with Crippen molar-refractivity contribution in [2.24, 2.45) is 0 Å². The van der Waals surface area contributed by atoms with Crippen LogP contribution in [0.5, 0.6) is 5.75 Å². The van der Waals surface area contributed by atoms with Crippen LogP contribution < -0.4 is 10.1 Å². The molecule has 0 bridgehead atoms. The van der Waals surface area contributed by atoms with Crippen LogP contribution >= 0.6 is 0 Å². The number of ether oxygens (including phenoxy) is 1. The van der Waals surface area contributed by atoms with Gasteiger partial charge in [-0.25, -0.2) is 0 Å². The third-order valence-electron chi connectivity index (χ3n) is 6.05. The second kappa shape index (κ2) is 8.95. The van der Waals surface area contributed by atoms with Gasteiger partial charge < -0.3 is 19.9 Å². The van der Waals surface area contributed by atoms with Gasteiger partial charge in [0.1, 0.15) is 5.75 Å². The fourth-order valence-electron chi connectivity index (χ4n) is 4.18. The van der Waals surface area contributed by atoms with Crippen LogP contribution in [-0.2, 0) is 4.79 Å². The Bertz CT molecular complexity index is 705. The molecule has 2 atom stereocenters.